The van der Waals surface area contributed by atoms with E-state index in [1.807, 2.05) is 13.0 Å². The van der Waals surface area contributed by atoms with E-state index in [0.717, 1.165) is 31.9 Å². The third-order valence-corrected chi connectivity index (χ3v) is 3.83. The Kier molecular flexibility index (Phi) is 4.99. The molecule has 0 aliphatic heterocycles. The van der Waals surface area contributed by atoms with E-state index in [2.05, 4.69) is 34.8 Å². The van der Waals surface area contributed by atoms with Crippen LogP contribution < -0.4 is 5.32 Å². The molecule has 2 aromatic rings. The zero-order chi connectivity index (χ0) is 12.8. The molecule has 2 heterocycles. The van der Waals surface area contributed by atoms with Crippen molar-refractivity contribution in [2.75, 3.05) is 20.1 Å². The number of rotatable bonds is 7. The molecule has 0 saturated heterocycles. The van der Waals surface area contributed by atoms with Crippen molar-refractivity contribution in [3.63, 3.8) is 0 Å². The zero-order valence-corrected chi connectivity index (χ0v) is 11.8. The largest absolute Gasteiger partial charge is 0.469 e. The Morgan fingerprint density at radius 2 is 2.28 bits per heavy atom. The highest BCUT2D eigenvalue weighted by atomic mass is 32.1. The molecule has 0 bridgehead atoms. The van der Waals surface area contributed by atoms with Crippen LogP contribution in [-0.2, 0) is 13.1 Å². The van der Waals surface area contributed by atoms with E-state index in [1.165, 1.54) is 10.4 Å². The maximum Gasteiger partial charge on any atom is 0.105 e. The molecule has 0 aliphatic rings. The third-order valence-electron chi connectivity index (χ3n) is 2.96. The monoisotopic (exact) mass is 264 g/mol. The van der Waals surface area contributed by atoms with Crippen molar-refractivity contribution in [1.29, 1.82) is 0 Å². The summed E-state index contributed by atoms with van der Waals surface area (Å²) in [5.74, 6) is 1.02. The molecule has 0 aromatic carbocycles. The molecule has 0 amide bonds. The van der Waals surface area contributed by atoms with Crippen LogP contribution in [0, 0.1) is 6.92 Å². The second kappa shape index (κ2) is 6.73. The maximum atomic E-state index is 5.30. The Balaban J connectivity index is 1.63. The first-order chi connectivity index (χ1) is 8.75. The van der Waals surface area contributed by atoms with Gasteiger partial charge in [-0.3, -0.25) is 0 Å². The lowest BCUT2D eigenvalue weighted by atomic mass is 10.2. The first-order valence-electron chi connectivity index (χ1n) is 6.20. The van der Waals surface area contributed by atoms with Gasteiger partial charge in [-0.25, -0.2) is 0 Å². The summed E-state index contributed by atoms with van der Waals surface area (Å²) in [7, 11) is 2.14. The highest BCUT2D eigenvalue weighted by molar-refractivity contribution is 7.09. The Morgan fingerprint density at radius 3 is 2.94 bits per heavy atom. The quantitative estimate of drug-likeness (QED) is 0.780. The molecule has 0 saturated carbocycles. The van der Waals surface area contributed by atoms with Crippen LogP contribution in [0.3, 0.4) is 0 Å². The lowest BCUT2D eigenvalue weighted by Gasteiger charge is -2.16. The standard InChI is InChI=1S/C14H20N2OS/c1-12-13(5-8-17-12)11-16(2)7-6-15-10-14-4-3-9-18-14/h3-5,8-9,15H,6-7,10-11H2,1-2H3. The fourth-order valence-corrected chi connectivity index (χ4v) is 2.51. The van der Waals surface area contributed by atoms with Crippen molar-refractivity contribution < 1.29 is 4.42 Å². The van der Waals surface area contributed by atoms with Crippen molar-refractivity contribution in [3.8, 4) is 0 Å². The third kappa shape index (κ3) is 3.98. The van der Waals surface area contributed by atoms with Crippen LogP contribution in [0.15, 0.2) is 34.3 Å². The van der Waals surface area contributed by atoms with Crippen molar-refractivity contribution >= 4 is 11.3 Å². The number of nitrogens with zero attached hydrogens (tertiary/aromatic N) is 1. The molecule has 0 radical (unpaired) electrons. The topological polar surface area (TPSA) is 28.4 Å². The molecular formula is C14H20N2OS. The number of hydrogen-bond donors (Lipinski definition) is 1. The van der Waals surface area contributed by atoms with Gasteiger partial charge in [0.2, 0.25) is 0 Å². The minimum atomic E-state index is 0.947. The first-order valence-corrected chi connectivity index (χ1v) is 7.08. The molecule has 0 unspecified atom stereocenters. The molecule has 98 valence electrons. The first kappa shape index (κ1) is 13.3. The van der Waals surface area contributed by atoms with E-state index in [4.69, 9.17) is 4.42 Å². The van der Waals surface area contributed by atoms with Gasteiger partial charge >= 0.3 is 0 Å². The Hall–Kier alpha value is -1.10. The van der Waals surface area contributed by atoms with Crippen LogP contribution in [0.2, 0.25) is 0 Å². The van der Waals surface area contributed by atoms with Gasteiger partial charge in [-0.05, 0) is 31.5 Å². The summed E-state index contributed by atoms with van der Waals surface area (Å²) >= 11 is 1.80. The van der Waals surface area contributed by atoms with Crippen LogP contribution in [0.4, 0.5) is 0 Å². The number of nitrogens with one attached hydrogen (secondary N) is 1. The molecular weight excluding hydrogens is 244 g/mol. The maximum absolute atomic E-state index is 5.30. The van der Waals surface area contributed by atoms with Gasteiger partial charge in [0.25, 0.3) is 0 Å². The summed E-state index contributed by atoms with van der Waals surface area (Å²) in [6, 6.07) is 6.30. The summed E-state index contributed by atoms with van der Waals surface area (Å²) < 4.78 is 5.30. The van der Waals surface area contributed by atoms with Gasteiger partial charge in [0.15, 0.2) is 0 Å². The fraction of sp³-hybridized carbons (Fsp3) is 0.429. The summed E-state index contributed by atoms with van der Waals surface area (Å²) in [4.78, 5) is 3.70. The lowest BCUT2D eigenvalue weighted by Crippen LogP contribution is -2.28. The second-order valence-corrected chi connectivity index (χ2v) is 5.53. The van der Waals surface area contributed by atoms with Gasteiger partial charge in [-0.1, -0.05) is 6.07 Å². The average Bonchev–Trinajstić information content (AvgIpc) is 2.98. The van der Waals surface area contributed by atoms with Crippen molar-refractivity contribution in [2.24, 2.45) is 0 Å². The molecule has 0 aliphatic carbocycles. The molecule has 18 heavy (non-hydrogen) atoms. The zero-order valence-electron chi connectivity index (χ0n) is 11.0. The molecule has 3 nitrogen and oxygen atoms in total. The second-order valence-electron chi connectivity index (χ2n) is 4.50. The van der Waals surface area contributed by atoms with Crippen LogP contribution >= 0.6 is 11.3 Å². The Morgan fingerprint density at radius 1 is 1.39 bits per heavy atom. The van der Waals surface area contributed by atoms with Crippen molar-refractivity contribution in [2.45, 2.75) is 20.0 Å². The van der Waals surface area contributed by atoms with E-state index < -0.39 is 0 Å². The van der Waals surface area contributed by atoms with E-state index >= 15 is 0 Å². The molecule has 2 rings (SSSR count). The summed E-state index contributed by atoms with van der Waals surface area (Å²) in [6.07, 6.45) is 1.76. The molecule has 2 aromatic heterocycles. The highest BCUT2D eigenvalue weighted by Crippen LogP contribution is 2.10. The van der Waals surface area contributed by atoms with Gasteiger partial charge in [-0.15, -0.1) is 11.3 Å². The molecule has 1 N–H and O–H groups in total. The van der Waals surface area contributed by atoms with Gasteiger partial charge < -0.3 is 14.6 Å². The van der Waals surface area contributed by atoms with E-state index in [9.17, 15) is 0 Å². The van der Waals surface area contributed by atoms with Crippen molar-refractivity contribution in [3.05, 3.63) is 46.0 Å². The predicted molar refractivity (Wildman–Crippen MR) is 75.8 cm³/mol. The average molecular weight is 264 g/mol. The Labute approximate surface area is 112 Å². The highest BCUT2D eigenvalue weighted by Gasteiger charge is 2.04. The minimum Gasteiger partial charge on any atom is -0.469 e. The molecule has 0 fully saturated rings. The number of likely N-dealkylation sites (N-methyl/N-ethyl adjacent to an activating group) is 1. The lowest BCUT2D eigenvalue weighted by molar-refractivity contribution is 0.321. The molecule has 0 spiro atoms. The SMILES string of the molecule is Cc1occc1CN(C)CCNCc1cccs1. The predicted octanol–water partition coefficient (Wildman–Crippen LogP) is 2.87. The number of furan rings is 1. The molecule has 4 heteroatoms. The Bertz CT molecular complexity index is 450. The summed E-state index contributed by atoms with van der Waals surface area (Å²) in [5, 5.41) is 5.57. The van der Waals surface area contributed by atoms with Crippen LogP contribution in [0.5, 0.6) is 0 Å². The number of thiophene rings is 1. The summed E-state index contributed by atoms with van der Waals surface area (Å²) in [5.41, 5.74) is 1.27. The van der Waals surface area contributed by atoms with E-state index in [-0.39, 0.29) is 0 Å². The van der Waals surface area contributed by atoms with E-state index in [1.54, 1.807) is 17.6 Å². The number of hydrogen-bond acceptors (Lipinski definition) is 4. The normalized spacial score (nSPS) is 11.3. The van der Waals surface area contributed by atoms with Gasteiger partial charge in [0.05, 0.1) is 6.26 Å². The van der Waals surface area contributed by atoms with Crippen molar-refractivity contribution in [1.82, 2.24) is 10.2 Å². The minimum absolute atomic E-state index is 0.947. The number of aryl methyl sites for hydroxylation is 1. The fourth-order valence-electron chi connectivity index (χ4n) is 1.84. The summed E-state index contributed by atoms with van der Waals surface area (Å²) in [6.45, 7) is 5.97. The van der Waals surface area contributed by atoms with E-state index in [0.29, 0.717) is 0 Å². The van der Waals surface area contributed by atoms with Gasteiger partial charge in [-0.2, -0.15) is 0 Å². The van der Waals surface area contributed by atoms with Crippen LogP contribution in [0.1, 0.15) is 16.2 Å². The smallest absolute Gasteiger partial charge is 0.105 e. The van der Waals surface area contributed by atoms with Gasteiger partial charge in [0.1, 0.15) is 5.76 Å². The molecule has 0 atom stereocenters. The van der Waals surface area contributed by atoms with Crippen LogP contribution in [0.25, 0.3) is 0 Å². The van der Waals surface area contributed by atoms with Crippen LogP contribution in [-0.4, -0.2) is 25.0 Å². The van der Waals surface area contributed by atoms with Gasteiger partial charge in [0, 0.05) is 36.6 Å².